The molecule has 0 radical (unpaired) electrons. The Balaban J connectivity index is 1.97. The van der Waals surface area contributed by atoms with Gasteiger partial charge in [0.05, 0.1) is 12.2 Å². The molecule has 0 aromatic heterocycles. The van der Waals surface area contributed by atoms with E-state index in [4.69, 9.17) is 15.2 Å². The zero-order valence-electron chi connectivity index (χ0n) is 14.2. The maximum absolute atomic E-state index is 6.20. The van der Waals surface area contributed by atoms with Gasteiger partial charge in [-0.05, 0) is 31.8 Å². The van der Waals surface area contributed by atoms with Crippen molar-refractivity contribution in [3.63, 3.8) is 0 Å². The number of methoxy groups -OCH3 is 2. The molecule has 2 aliphatic heterocycles. The van der Waals surface area contributed by atoms with Gasteiger partial charge in [0.15, 0.2) is 0 Å². The van der Waals surface area contributed by atoms with Gasteiger partial charge in [-0.15, -0.1) is 0 Å². The van der Waals surface area contributed by atoms with Crippen molar-refractivity contribution in [3.05, 3.63) is 0 Å². The van der Waals surface area contributed by atoms with Gasteiger partial charge in [0.2, 0.25) is 0 Å². The van der Waals surface area contributed by atoms with Crippen molar-refractivity contribution >= 4 is 0 Å². The molecule has 0 aromatic rings. The van der Waals surface area contributed by atoms with Crippen molar-refractivity contribution in [2.75, 3.05) is 53.5 Å². The molecule has 2 rings (SSSR count). The van der Waals surface area contributed by atoms with Gasteiger partial charge in [-0.2, -0.15) is 0 Å². The van der Waals surface area contributed by atoms with Crippen LogP contribution >= 0.6 is 0 Å². The van der Waals surface area contributed by atoms with E-state index in [2.05, 4.69) is 23.6 Å². The number of hydrogen-bond acceptors (Lipinski definition) is 5. The molecule has 2 heterocycles. The molecule has 2 fully saturated rings. The number of nitrogens with zero attached hydrogens (tertiary/aromatic N) is 2. The molecule has 0 aliphatic carbocycles. The number of piperidine rings is 1. The zero-order valence-corrected chi connectivity index (χ0v) is 14.2. The SMILES string of the molecule is COC1CN(C2(CN)CCN(CC(C)C)CC2)CC1OC. The summed E-state index contributed by atoms with van der Waals surface area (Å²) in [6.45, 7) is 10.7. The van der Waals surface area contributed by atoms with Crippen molar-refractivity contribution in [3.8, 4) is 0 Å². The summed E-state index contributed by atoms with van der Waals surface area (Å²) in [5.41, 5.74) is 6.33. The maximum Gasteiger partial charge on any atom is 0.0972 e. The number of ether oxygens (including phenoxy) is 2. The average Bonchev–Trinajstić information content (AvgIpc) is 2.91. The normalized spacial score (nSPS) is 31.1. The first-order valence-corrected chi connectivity index (χ1v) is 8.27. The second-order valence-corrected chi connectivity index (χ2v) is 7.08. The second kappa shape index (κ2) is 7.38. The minimum Gasteiger partial charge on any atom is -0.377 e. The molecule has 0 amide bonds. The Morgan fingerprint density at radius 2 is 1.62 bits per heavy atom. The van der Waals surface area contributed by atoms with E-state index in [9.17, 15) is 0 Å². The Morgan fingerprint density at radius 1 is 1.10 bits per heavy atom. The van der Waals surface area contributed by atoms with E-state index < -0.39 is 0 Å². The third kappa shape index (κ3) is 3.77. The highest BCUT2D eigenvalue weighted by Crippen LogP contribution is 2.32. The monoisotopic (exact) mass is 299 g/mol. The van der Waals surface area contributed by atoms with Gasteiger partial charge in [-0.3, -0.25) is 4.90 Å². The molecular weight excluding hydrogens is 266 g/mol. The standard InChI is InChI=1S/C16H33N3O2/c1-13(2)9-18-7-5-16(12-17,6-8-18)19-10-14(20-3)15(11-19)21-4/h13-15H,5-12,17H2,1-4H3. The van der Waals surface area contributed by atoms with Crippen molar-refractivity contribution in [1.29, 1.82) is 0 Å². The molecule has 0 bridgehead atoms. The van der Waals surface area contributed by atoms with Crippen molar-refractivity contribution in [2.24, 2.45) is 11.7 Å². The molecule has 124 valence electrons. The molecule has 5 heteroatoms. The van der Waals surface area contributed by atoms with Gasteiger partial charge in [-0.25, -0.2) is 0 Å². The fourth-order valence-corrected chi connectivity index (χ4v) is 3.90. The summed E-state index contributed by atoms with van der Waals surface area (Å²) < 4.78 is 11.2. The smallest absolute Gasteiger partial charge is 0.0972 e. The first kappa shape index (κ1) is 17.2. The Kier molecular flexibility index (Phi) is 6.03. The van der Waals surface area contributed by atoms with E-state index in [1.165, 1.54) is 6.54 Å². The van der Waals surface area contributed by atoms with Gasteiger partial charge in [0, 0.05) is 45.9 Å². The quantitative estimate of drug-likeness (QED) is 0.785. The molecule has 21 heavy (non-hydrogen) atoms. The predicted molar refractivity (Wildman–Crippen MR) is 85.5 cm³/mol. The lowest BCUT2D eigenvalue weighted by Gasteiger charge is -2.47. The summed E-state index contributed by atoms with van der Waals surface area (Å²) >= 11 is 0. The summed E-state index contributed by atoms with van der Waals surface area (Å²) in [4.78, 5) is 5.11. The van der Waals surface area contributed by atoms with Crippen LogP contribution in [0.3, 0.4) is 0 Å². The van der Waals surface area contributed by atoms with Crippen LogP contribution in [0.5, 0.6) is 0 Å². The minimum atomic E-state index is 0.136. The van der Waals surface area contributed by atoms with Crippen LogP contribution in [0.15, 0.2) is 0 Å². The van der Waals surface area contributed by atoms with Crippen LogP contribution in [0.25, 0.3) is 0 Å². The molecule has 2 N–H and O–H groups in total. The zero-order chi connectivity index (χ0) is 15.5. The van der Waals surface area contributed by atoms with E-state index in [0.717, 1.165) is 51.5 Å². The molecule has 0 saturated carbocycles. The van der Waals surface area contributed by atoms with Crippen molar-refractivity contribution in [2.45, 2.75) is 44.4 Å². The molecule has 2 unspecified atom stereocenters. The van der Waals surface area contributed by atoms with Crippen LogP contribution in [0.2, 0.25) is 0 Å². The lowest BCUT2D eigenvalue weighted by atomic mass is 9.85. The van der Waals surface area contributed by atoms with E-state index in [-0.39, 0.29) is 17.7 Å². The molecule has 2 atom stereocenters. The van der Waals surface area contributed by atoms with E-state index in [1.807, 2.05) is 0 Å². The lowest BCUT2D eigenvalue weighted by molar-refractivity contribution is -0.00461. The fraction of sp³-hybridized carbons (Fsp3) is 1.00. The highest BCUT2D eigenvalue weighted by Gasteiger charge is 2.45. The van der Waals surface area contributed by atoms with Gasteiger partial charge < -0.3 is 20.1 Å². The van der Waals surface area contributed by atoms with Crippen LogP contribution in [0, 0.1) is 5.92 Å². The third-order valence-corrected chi connectivity index (χ3v) is 5.28. The van der Waals surface area contributed by atoms with E-state index >= 15 is 0 Å². The van der Waals surface area contributed by atoms with E-state index in [0.29, 0.717) is 0 Å². The Morgan fingerprint density at radius 3 is 2.00 bits per heavy atom. The number of hydrogen-bond donors (Lipinski definition) is 1. The summed E-state index contributed by atoms with van der Waals surface area (Å²) in [7, 11) is 3.56. The molecular formula is C16H33N3O2. The van der Waals surface area contributed by atoms with Crippen LogP contribution < -0.4 is 5.73 Å². The Labute approximate surface area is 129 Å². The highest BCUT2D eigenvalue weighted by molar-refractivity contribution is 5.01. The average molecular weight is 299 g/mol. The largest absolute Gasteiger partial charge is 0.377 e. The second-order valence-electron chi connectivity index (χ2n) is 7.08. The van der Waals surface area contributed by atoms with Crippen molar-refractivity contribution < 1.29 is 9.47 Å². The van der Waals surface area contributed by atoms with Gasteiger partial charge in [-0.1, -0.05) is 13.8 Å². The molecule has 2 saturated heterocycles. The summed E-state index contributed by atoms with van der Waals surface area (Å²) in [5.74, 6) is 0.734. The number of nitrogens with two attached hydrogens (primary N) is 1. The van der Waals surface area contributed by atoms with Gasteiger partial charge in [0.25, 0.3) is 0 Å². The van der Waals surface area contributed by atoms with Gasteiger partial charge >= 0.3 is 0 Å². The first-order chi connectivity index (χ1) is 10.0. The maximum atomic E-state index is 6.20. The van der Waals surface area contributed by atoms with E-state index in [1.54, 1.807) is 14.2 Å². The predicted octanol–water partition coefficient (Wildman–Crippen LogP) is 0.781. The van der Waals surface area contributed by atoms with Crippen LogP contribution in [-0.2, 0) is 9.47 Å². The molecule has 2 aliphatic rings. The highest BCUT2D eigenvalue weighted by atomic mass is 16.5. The third-order valence-electron chi connectivity index (χ3n) is 5.28. The van der Waals surface area contributed by atoms with Gasteiger partial charge in [0.1, 0.15) is 0 Å². The summed E-state index contributed by atoms with van der Waals surface area (Å²) in [6.07, 6.45) is 2.66. The fourth-order valence-electron chi connectivity index (χ4n) is 3.90. The van der Waals surface area contributed by atoms with Crippen LogP contribution in [0.4, 0.5) is 0 Å². The first-order valence-electron chi connectivity index (χ1n) is 8.27. The van der Waals surface area contributed by atoms with Crippen molar-refractivity contribution in [1.82, 2.24) is 9.80 Å². The molecule has 0 spiro atoms. The van der Waals surface area contributed by atoms with Crippen LogP contribution in [0.1, 0.15) is 26.7 Å². The Bertz CT molecular complexity index is 305. The number of rotatable bonds is 6. The number of likely N-dealkylation sites (tertiary alicyclic amines) is 2. The summed E-state index contributed by atoms with van der Waals surface area (Å²) in [6, 6.07) is 0. The molecule has 5 nitrogen and oxygen atoms in total. The van der Waals surface area contributed by atoms with Crippen LogP contribution in [-0.4, -0.2) is 81.0 Å². The topological polar surface area (TPSA) is 51.0 Å². The molecule has 0 aromatic carbocycles. The lowest BCUT2D eigenvalue weighted by Crippen LogP contribution is -2.59. The summed E-state index contributed by atoms with van der Waals surface area (Å²) in [5, 5.41) is 0. The minimum absolute atomic E-state index is 0.136. The Hall–Kier alpha value is -0.200.